The van der Waals surface area contributed by atoms with E-state index in [2.05, 4.69) is 31.0 Å². The molecule has 0 fully saturated rings. The minimum atomic E-state index is -1.00. The van der Waals surface area contributed by atoms with Gasteiger partial charge in [0.2, 0.25) is 0 Å². The second-order valence-electron chi connectivity index (χ2n) is 7.36. The fraction of sp³-hybridized carbons (Fsp3) is 0.409. The van der Waals surface area contributed by atoms with E-state index in [4.69, 9.17) is 4.74 Å². The van der Waals surface area contributed by atoms with Crippen molar-refractivity contribution in [2.45, 2.75) is 52.2 Å². The Balaban J connectivity index is 1.74. The van der Waals surface area contributed by atoms with Crippen molar-refractivity contribution in [3.05, 3.63) is 59.9 Å². The molecule has 3 rings (SSSR count). The van der Waals surface area contributed by atoms with Crippen molar-refractivity contribution in [3.8, 4) is 5.75 Å². The molecular formula is C22H28N2O2. The third kappa shape index (κ3) is 3.91. The van der Waals surface area contributed by atoms with E-state index in [9.17, 15) is 5.11 Å². The van der Waals surface area contributed by atoms with Crippen molar-refractivity contribution in [1.82, 2.24) is 9.55 Å². The second-order valence-corrected chi connectivity index (χ2v) is 7.36. The Morgan fingerprint density at radius 2 is 1.81 bits per heavy atom. The molecule has 0 amide bonds. The lowest BCUT2D eigenvalue weighted by Crippen LogP contribution is -2.23. The molecule has 0 aliphatic heterocycles. The van der Waals surface area contributed by atoms with Gasteiger partial charge in [0.1, 0.15) is 23.8 Å². The molecule has 0 radical (unpaired) electrons. The van der Waals surface area contributed by atoms with Gasteiger partial charge in [-0.05, 0) is 56.0 Å². The van der Waals surface area contributed by atoms with Gasteiger partial charge in [0.25, 0.3) is 0 Å². The van der Waals surface area contributed by atoms with Gasteiger partial charge in [-0.25, -0.2) is 4.98 Å². The van der Waals surface area contributed by atoms with Crippen LogP contribution in [0.1, 0.15) is 51.4 Å². The van der Waals surface area contributed by atoms with Gasteiger partial charge in [-0.3, -0.25) is 0 Å². The third-order valence-electron chi connectivity index (χ3n) is 4.85. The summed E-state index contributed by atoms with van der Waals surface area (Å²) >= 11 is 0. The lowest BCUT2D eigenvalue weighted by molar-refractivity contribution is 0.0644. The van der Waals surface area contributed by atoms with Crippen molar-refractivity contribution in [3.63, 3.8) is 0 Å². The Hall–Kier alpha value is -2.33. The summed E-state index contributed by atoms with van der Waals surface area (Å²) in [5.74, 6) is 2.09. The minimum absolute atomic E-state index is 0.520. The Morgan fingerprint density at radius 1 is 1.12 bits per heavy atom. The van der Waals surface area contributed by atoms with Gasteiger partial charge in [-0.1, -0.05) is 38.1 Å². The summed E-state index contributed by atoms with van der Waals surface area (Å²) in [4.78, 5) is 4.61. The topological polar surface area (TPSA) is 47.3 Å². The van der Waals surface area contributed by atoms with E-state index in [1.54, 1.807) is 13.8 Å². The number of hydrogen-bond acceptors (Lipinski definition) is 3. The van der Waals surface area contributed by atoms with Gasteiger partial charge in [-0.2, -0.15) is 0 Å². The first-order valence-electron chi connectivity index (χ1n) is 9.31. The Bertz CT molecular complexity index is 860. The first-order valence-corrected chi connectivity index (χ1v) is 9.31. The second kappa shape index (κ2) is 7.50. The van der Waals surface area contributed by atoms with Crippen LogP contribution < -0.4 is 4.74 Å². The SMILES string of the molecule is CCC(C)c1ccc(OCCn2c(C(C)(C)O)nc3ccccc32)cc1. The molecule has 138 valence electrons. The first-order chi connectivity index (χ1) is 12.4. The molecule has 0 aliphatic carbocycles. The summed E-state index contributed by atoms with van der Waals surface area (Å²) in [5.41, 5.74) is 2.24. The monoisotopic (exact) mass is 352 g/mol. The van der Waals surface area contributed by atoms with E-state index in [0.29, 0.717) is 24.9 Å². The fourth-order valence-corrected chi connectivity index (χ4v) is 3.15. The number of ether oxygens (including phenoxy) is 1. The smallest absolute Gasteiger partial charge is 0.141 e. The molecule has 0 spiro atoms. The molecule has 0 saturated heterocycles. The minimum Gasteiger partial charge on any atom is -0.492 e. The number of hydrogen-bond donors (Lipinski definition) is 1. The Morgan fingerprint density at radius 3 is 2.46 bits per heavy atom. The molecule has 1 unspecified atom stereocenters. The molecule has 26 heavy (non-hydrogen) atoms. The molecule has 1 N–H and O–H groups in total. The van der Waals surface area contributed by atoms with Crippen LogP contribution in [0, 0.1) is 0 Å². The fourth-order valence-electron chi connectivity index (χ4n) is 3.15. The number of fused-ring (bicyclic) bond motifs is 1. The molecule has 4 heteroatoms. The maximum atomic E-state index is 10.5. The average Bonchev–Trinajstić information content (AvgIpc) is 3.01. The number of aromatic nitrogens is 2. The number of imidazole rings is 1. The molecule has 1 atom stereocenters. The molecule has 2 aromatic carbocycles. The van der Waals surface area contributed by atoms with Crippen molar-refractivity contribution >= 4 is 11.0 Å². The average molecular weight is 352 g/mol. The van der Waals surface area contributed by atoms with Gasteiger partial charge in [0.15, 0.2) is 0 Å². The number of nitrogens with zero attached hydrogens (tertiary/aromatic N) is 2. The molecule has 1 heterocycles. The number of benzene rings is 2. The van der Waals surface area contributed by atoms with E-state index in [0.717, 1.165) is 23.2 Å². The summed E-state index contributed by atoms with van der Waals surface area (Å²) < 4.78 is 7.98. The van der Waals surface area contributed by atoms with E-state index in [1.165, 1.54) is 5.56 Å². The molecule has 4 nitrogen and oxygen atoms in total. The van der Waals surface area contributed by atoms with Crippen LogP contribution in [0.15, 0.2) is 48.5 Å². The predicted molar refractivity (Wildman–Crippen MR) is 106 cm³/mol. The van der Waals surface area contributed by atoms with Gasteiger partial charge in [0.05, 0.1) is 17.6 Å². The van der Waals surface area contributed by atoms with Crippen LogP contribution in [0.3, 0.4) is 0 Å². The van der Waals surface area contributed by atoms with E-state index < -0.39 is 5.60 Å². The summed E-state index contributed by atoms with van der Waals surface area (Å²) in [6.45, 7) is 9.11. The molecule has 3 aromatic rings. The lowest BCUT2D eigenvalue weighted by Gasteiger charge is -2.19. The largest absolute Gasteiger partial charge is 0.492 e. The van der Waals surface area contributed by atoms with Crippen LogP contribution in [-0.4, -0.2) is 21.3 Å². The summed E-state index contributed by atoms with van der Waals surface area (Å²) in [7, 11) is 0. The maximum Gasteiger partial charge on any atom is 0.141 e. The number of aliphatic hydroxyl groups is 1. The van der Waals surface area contributed by atoms with Crippen LogP contribution in [-0.2, 0) is 12.1 Å². The molecule has 0 saturated carbocycles. The van der Waals surface area contributed by atoms with Gasteiger partial charge in [0, 0.05) is 0 Å². The quantitative estimate of drug-likeness (QED) is 0.661. The molecule has 1 aromatic heterocycles. The highest BCUT2D eigenvalue weighted by atomic mass is 16.5. The van der Waals surface area contributed by atoms with Crippen LogP contribution in [0.25, 0.3) is 11.0 Å². The highest BCUT2D eigenvalue weighted by Crippen LogP contribution is 2.25. The summed E-state index contributed by atoms with van der Waals surface area (Å²) in [5, 5.41) is 10.5. The van der Waals surface area contributed by atoms with Crippen LogP contribution in [0.4, 0.5) is 0 Å². The number of para-hydroxylation sites is 2. The predicted octanol–water partition coefficient (Wildman–Crippen LogP) is 4.86. The normalized spacial score (nSPS) is 13.1. The van der Waals surface area contributed by atoms with Crippen LogP contribution in [0.2, 0.25) is 0 Å². The van der Waals surface area contributed by atoms with Crippen molar-refractivity contribution in [2.75, 3.05) is 6.61 Å². The van der Waals surface area contributed by atoms with Crippen molar-refractivity contribution in [1.29, 1.82) is 0 Å². The van der Waals surface area contributed by atoms with E-state index in [-0.39, 0.29) is 0 Å². The summed E-state index contributed by atoms with van der Waals surface area (Å²) in [6, 6.07) is 16.3. The highest BCUT2D eigenvalue weighted by molar-refractivity contribution is 5.76. The van der Waals surface area contributed by atoms with Crippen LogP contribution in [0.5, 0.6) is 5.75 Å². The first kappa shape index (κ1) is 18.5. The molecule has 0 bridgehead atoms. The van der Waals surface area contributed by atoms with Gasteiger partial charge < -0.3 is 14.4 Å². The zero-order valence-corrected chi connectivity index (χ0v) is 16.1. The van der Waals surface area contributed by atoms with E-state index >= 15 is 0 Å². The van der Waals surface area contributed by atoms with Crippen LogP contribution >= 0.6 is 0 Å². The zero-order valence-electron chi connectivity index (χ0n) is 16.1. The molecule has 0 aliphatic rings. The summed E-state index contributed by atoms with van der Waals surface area (Å²) in [6.07, 6.45) is 1.13. The number of rotatable bonds is 7. The standard InChI is InChI=1S/C22H28N2O2/c1-5-16(2)17-10-12-18(13-11-17)26-15-14-24-20-9-7-6-8-19(20)23-21(24)22(3,4)25/h6-13,16,25H,5,14-15H2,1-4H3. The van der Waals surface area contributed by atoms with Crippen molar-refractivity contribution in [2.24, 2.45) is 0 Å². The van der Waals surface area contributed by atoms with Crippen molar-refractivity contribution < 1.29 is 9.84 Å². The van der Waals surface area contributed by atoms with Gasteiger partial charge >= 0.3 is 0 Å². The Kier molecular flexibility index (Phi) is 5.33. The third-order valence-corrected chi connectivity index (χ3v) is 4.85. The Labute approximate surface area is 155 Å². The zero-order chi connectivity index (χ0) is 18.7. The lowest BCUT2D eigenvalue weighted by atomic mass is 9.99. The highest BCUT2D eigenvalue weighted by Gasteiger charge is 2.24. The molecular weight excluding hydrogens is 324 g/mol. The van der Waals surface area contributed by atoms with E-state index in [1.807, 2.05) is 41.0 Å². The van der Waals surface area contributed by atoms with Gasteiger partial charge in [-0.15, -0.1) is 0 Å². The maximum absolute atomic E-state index is 10.5.